The molecule has 0 radical (unpaired) electrons. The van der Waals surface area contributed by atoms with Gasteiger partial charge in [0.1, 0.15) is 11.6 Å². The van der Waals surface area contributed by atoms with E-state index in [-0.39, 0.29) is 17.4 Å². The molecule has 1 aliphatic carbocycles. The molecule has 1 aliphatic rings. The van der Waals surface area contributed by atoms with Crippen LogP contribution in [0.5, 0.6) is 0 Å². The van der Waals surface area contributed by atoms with Crippen molar-refractivity contribution in [3.63, 3.8) is 0 Å². The summed E-state index contributed by atoms with van der Waals surface area (Å²) in [4.78, 5) is 40.0. The molecular formula is C29H35N3O4S. The molecule has 196 valence electrons. The second-order valence-corrected chi connectivity index (χ2v) is 11.7. The maximum Gasteiger partial charge on any atom is 0.408 e. The summed E-state index contributed by atoms with van der Waals surface area (Å²) >= 11 is 1.51. The largest absolute Gasteiger partial charge is 0.444 e. The molecule has 0 bridgehead atoms. The third-order valence-corrected chi connectivity index (χ3v) is 7.61. The van der Waals surface area contributed by atoms with Crippen LogP contribution in [0.4, 0.5) is 10.5 Å². The monoisotopic (exact) mass is 521 g/mol. The summed E-state index contributed by atoms with van der Waals surface area (Å²) in [5.74, 6) is -0.166. The highest BCUT2D eigenvalue weighted by atomic mass is 32.2. The van der Waals surface area contributed by atoms with Gasteiger partial charge < -0.3 is 19.9 Å². The number of nitrogens with zero attached hydrogens (tertiary/aromatic N) is 1. The number of hydrogen-bond acceptors (Lipinski definition) is 5. The minimum atomic E-state index is -0.656. The van der Waals surface area contributed by atoms with E-state index in [2.05, 4.69) is 10.6 Å². The van der Waals surface area contributed by atoms with Crippen molar-refractivity contribution in [3.05, 3.63) is 65.0 Å². The number of rotatable bonds is 6. The molecule has 1 atom stereocenters. The second-order valence-electron chi connectivity index (χ2n) is 10.6. The van der Waals surface area contributed by atoms with Gasteiger partial charge in [-0.25, -0.2) is 4.79 Å². The maximum absolute atomic E-state index is 13.3. The lowest BCUT2D eigenvalue weighted by atomic mass is 9.83. The fourth-order valence-corrected chi connectivity index (χ4v) is 5.69. The van der Waals surface area contributed by atoms with Crippen molar-refractivity contribution < 1.29 is 14.3 Å². The van der Waals surface area contributed by atoms with Crippen LogP contribution in [0.15, 0.2) is 69.2 Å². The summed E-state index contributed by atoms with van der Waals surface area (Å²) < 4.78 is 7.07. The zero-order valence-electron chi connectivity index (χ0n) is 21.9. The number of pyridine rings is 1. The Morgan fingerprint density at radius 2 is 1.70 bits per heavy atom. The minimum absolute atomic E-state index is 0.0590. The number of carbonyl (C=O) groups excluding carboxylic acids is 2. The Morgan fingerprint density at radius 1 is 1.03 bits per heavy atom. The van der Waals surface area contributed by atoms with Crippen LogP contribution in [0, 0.1) is 5.92 Å². The first-order valence-corrected chi connectivity index (χ1v) is 13.6. The van der Waals surface area contributed by atoms with E-state index in [1.54, 1.807) is 38.5 Å². The van der Waals surface area contributed by atoms with Crippen LogP contribution in [0.25, 0.3) is 10.9 Å². The predicted molar refractivity (Wildman–Crippen MR) is 148 cm³/mol. The van der Waals surface area contributed by atoms with Gasteiger partial charge in [-0.2, -0.15) is 0 Å². The van der Waals surface area contributed by atoms with Gasteiger partial charge in [0, 0.05) is 34.0 Å². The van der Waals surface area contributed by atoms with Crippen LogP contribution >= 0.6 is 11.8 Å². The van der Waals surface area contributed by atoms with Crippen molar-refractivity contribution in [2.24, 2.45) is 13.0 Å². The van der Waals surface area contributed by atoms with E-state index in [0.717, 1.165) is 52.8 Å². The number of nitrogens with one attached hydrogen (secondary N) is 2. The second kappa shape index (κ2) is 11.4. The third kappa shape index (κ3) is 6.95. The topological polar surface area (TPSA) is 89.4 Å². The normalized spacial score (nSPS) is 15.2. The van der Waals surface area contributed by atoms with Gasteiger partial charge in [-0.15, -0.1) is 0 Å². The highest BCUT2D eigenvalue weighted by molar-refractivity contribution is 7.99. The zero-order chi connectivity index (χ0) is 26.6. The smallest absolute Gasteiger partial charge is 0.408 e. The van der Waals surface area contributed by atoms with Crippen LogP contribution in [0.3, 0.4) is 0 Å². The summed E-state index contributed by atoms with van der Waals surface area (Å²) in [6.07, 6.45) is 4.47. The lowest BCUT2D eigenvalue weighted by Gasteiger charge is -2.31. The van der Waals surface area contributed by atoms with Gasteiger partial charge in [0.2, 0.25) is 5.91 Å². The summed E-state index contributed by atoms with van der Waals surface area (Å²) in [6, 6.07) is 16.4. The Balaban J connectivity index is 1.47. The first-order valence-electron chi connectivity index (χ1n) is 12.8. The predicted octanol–water partition coefficient (Wildman–Crippen LogP) is 6.10. The van der Waals surface area contributed by atoms with Crippen molar-refractivity contribution in [2.75, 3.05) is 5.32 Å². The first-order chi connectivity index (χ1) is 17.6. The molecule has 0 unspecified atom stereocenters. The standard InChI is InChI=1S/C29H35N3O4S/c1-29(2,3)36-28(35)31-26(19-10-6-5-7-11-19)27(34)30-20-14-16-21(17-15-20)37-24-18-25(33)32(4)23-13-9-8-12-22(23)24/h8-9,12-19,26H,5-7,10-11H2,1-4H3,(H,30,34)(H,31,35)/t26-/m1/s1. The molecule has 8 heteroatoms. The van der Waals surface area contributed by atoms with Crippen LogP contribution in [0.1, 0.15) is 52.9 Å². The van der Waals surface area contributed by atoms with Crippen molar-refractivity contribution in [1.29, 1.82) is 0 Å². The van der Waals surface area contributed by atoms with E-state index in [0.29, 0.717) is 5.69 Å². The molecule has 7 nitrogen and oxygen atoms in total. The molecule has 0 saturated heterocycles. The fraction of sp³-hybridized carbons (Fsp3) is 0.414. The number of alkyl carbamates (subject to hydrolysis) is 1. The number of amides is 2. The number of carbonyl (C=O) groups is 2. The number of hydrogen-bond donors (Lipinski definition) is 2. The number of aromatic nitrogens is 1. The van der Waals surface area contributed by atoms with Crippen molar-refractivity contribution in [1.82, 2.24) is 9.88 Å². The first kappa shape index (κ1) is 26.8. The van der Waals surface area contributed by atoms with Crippen molar-refractivity contribution >= 4 is 40.4 Å². The number of fused-ring (bicyclic) bond motifs is 1. The quantitative estimate of drug-likeness (QED) is 0.409. The Bertz CT molecular complexity index is 1320. The van der Waals surface area contributed by atoms with Gasteiger partial charge in [0.15, 0.2) is 0 Å². The number of ether oxygens (including phenoxy) is 1. The van der Waals surface area contributed by atoms with Gasteiger partial charge in [-0.05, 0) is 69.9 Å². The molecule has 0 spiro atoms. The van der Waals surface area contributed by atoms with Crippen LogP contribution in [-0.4, -0.2) is 28.2 Å². The average Bonchev–Trinajstić information content (AvgIpc) is 2.86. The Morgan fingerprint density at radius 3 is 2.38 bits per heavy atom. The van der Waals surface area contributed by atoms with Gasteiger partial charge >= 0.3 is 6.09 Å². The van der Waals surface area contributed by atoms with E-state index in [9.17, 15) is 14.4 Å². The lowest BCUT2D eigenvalue weighted by Crippen LogP contribution is -2.50. The molecule has 1 aromatic heterocycles. The highest BCUT2D eigenvalue weighted by Gasteiger charge is 2.32. The molecule has 1 heterocycles. The van der Waals surface area contributed by atoms with E-state index in [1.807, 2.05) is 48.5 Å². The Kier molecular flexibility index (Phi) is 8.27. The molecule has 2 aromatic carbocycles. The van der Waals surface area contributed by atoms with Gasteiger partial charge in [0.25, 0.3) is 5.56 Å². The Labute approximate surface area is 222 Å². The minimum Gasteiger partial charge on any atom is -0.444 e. The summed E-state index contributed by atoms with van der Waals surface area (Å²) in [5.41, 5.74) is 0.832. The zero-order valence-corrected chi connectivity index (χ0v) is 22.7. The lowest BCUT2D eigenvalue weighted by molar-refractivity contribution is -0.119. The molecule has 2 N–H and O–H groups in total. The van der Waals surface area contributed by atoms with Gasteiger partial charge in [-0.1, -0.05) is 49.2 Å². The summed E-state index contributed by atoms with van der Waals surface area (Å²) in [7, 11) is 1.77. The van der Waals surface area contributed by atoms with E-state index in [4.69, 9.17) is 4.74 Å². The molecule has 1 fully saturated rings. The number of para-hydroxylation sites is 1. The molecular weight excluding hydrogens is 486 g/mol. The van der Waals surface area contributed by atoms with E-state index in [1.165, 1.54) is 11.8 Å². The molecule has 37 heavy (non-hydrogen) atoms. The fourth-order valence-electron chi connectivity index (χ4n) is 4.72. The summed E-state index contributed by atoms with van der Waals surface area (Å²) in [6.45, 7) is 5.41. The van der Waals surface area contributed by atoms with Crippen LogP contribution < -0.4 is 16.2 Å². The number of benzene rings is 2. The molecule has 2 amide bonds. The van der Waals surface area contributed by atoms with Crippen LogP contribution in [-0.2, 0) is 16.6 Å². The van der Waals surface area contributed by atoms with E-state index < -0.39 is 17.7 Å². The maximum atomic E-state index is 13.3. The van der Waals surface area contributed by atoms with Crippen molar-refractivity contribution in [2.45, 2.75) is 74.3 Å². The summed E-state index contributed by atoms with van der Waals surface area (Å²) in [5, 5.41) is 6.81. The van der Waals surface area contributed by atoms with Crippen LogP contribution in [0.2, 0.25) is 0 Å². The van der Waals surface area contributed by atoms with Crippen molar-refractivity contribution in [3.8, 4) is 0 Å². The van der Waals surface area contributed by atoms with Gasteiger partial charge in [0.05, 0.1) is 5.52 Å². The van der Waals surface area contributed by atoms with Gasteiger partial charge in [-0.3, -0.25) is 9.59 Å². The van der Waals surface area contributed by atoms with E-state index >= 15 is 0 Å². The molecule has 0 aliphatic heterocycles. The molecule has 3 aromatic rings. The number of aryl methyl sites for hydroxylation is 1. The average molecular weight is 522 g/mol. The molecule has 4 rings (SSSR count). The Hall–Kier alpha value is -3.26. The molecule has 1 saturated carbocycles. The third-order valence-electron chi connectivity index (χ3n) is 6.54. The number of anilines is 1. The highest BCUT2D eigenvalue weighted by Crippen LogP contribution is 2.33. The SMILES string of the molecule is Cn1c(=O)cc(Sc2ccc(NC(=O)[C@H](NC(=O)OC(C)(C)C)C3CCCCC3)cc2)c2ccccc21.